The van der Waals surface area contributed by atoms with Gasteiger partial charge >= 0.3 is 5.97 Å². The maximum absolute atomic E-state index is 11.6. The molecule has 0 fully saturated rings. The van der Waals surface area contributed by atoms with Gasteiger partial charge in [-0.05, 0) is 30.0 Å². The van der Waals surface area contributed by atoms with Gasteiger partial charge in [0.1, 0.15) is 0 Å². The van der Waals surface area contributed by atoms with E-state index in [2.05, 4.69) is 38.5 Å². The number of halogens is 2. The normalized spacial score (nSPS) is 15.2. The Kier molecular flexibility index (Phi) is 4.50. The number of anilines is 1. The number of carboxylic acid groups (broad SMARTS) is 1. The monoisotopic (exact) mass is 437 g/mol. The fourth-order valence-electron chi connectivity index (χ4n) is 2.39. The van der Waals surface area contributed by atoms with Crippen LogP contribution in [0.2, 0.25) is 0 Å². The molecule has 1 aliphatic rings. The van der Waals surface area contributed by atoms with E-state index in [1.54, 1.807) is 11.0 Å². The molecule has 0 saturated heterocycles. The van der Waals surface area contributed by atoms with Crippen LogP contribution in [0.1, 0.15) is 28.4 Å². The predicted molar refractivity (Wildman–Crippen MR) is 85.6 cm³/mol. The Labute approximate surface area is 133 Å². The highest BCUT2D eigenvalue weighted by Crippen LogP contribution is 2.34. The third-order valence-corrected chi connectivity index (χ3v) is 3.89. The van der Waals surface area contributed by atoms with Crippen molar-refractivity contribution in [3.8, 4) is 0 Å². The maximum Gasteiger partial charge on any atom is 0.337 e. The minimum atomic E-state index is -0.981. The number of rotatable bonds is 3. The molecule has 0 spiro atoms. The molecule has 4 nitrogen and oxygen atoms in total. The summed E-state index contributed by atoms with van der Waals surface area (Å²) >= 11 is 5.71. The Balaban J connectivity index is 2.52. The van der Waals surface area contributed by atoms with Gasteiger partial charge in [0.05, 0.1) is 14.1 Å². The molecule has 1 unspecified atom stereocenters. The molecule has 0 bridgehead atoms. The largest absolute Gasteiger partial charge is 0.478 e. The van der Waals surface area contributed by atoms with Crippen molar-refractivity contribution in [2.24, 2.45) is 0 Å². The van der Waals surface area contributed by atoms with Gasteiger partial charge in [-0.2, -0.15) is 0 Å². The summed E-state index contributed by atoms with van der Waals surface area (Å²) in [5, 5.41) is 9.36. The van der Waals surface area contributed by atoms with Gasteiger partial charge in [-0.15, -0.1) is 0 Å². The van der Waals surface area contributed by atoms with Crippen molar-refractivity contribution < 1.29 is 14.7 Å². The van der Waals surface area contributed by atoms with Crippen molar-refractivity contribution in [3.05, 3.63) is 28.8 Å². The molecule has 1 aromatic rings. The van der Waals surface area contributed by atoms with Crippen LogP contribution in [0.5, 0.6) is 0 Å². The van der Waals surface area contributed by atoms with Crippen molar-refractivity contribution in [3.63, 3.8) is 0 Å². The third kappa shape index (κ3) is 3.10. The zero-order valence-electron chi connectivity index (χ0n) is 10.3. The number of carboxylic acids is 1. The third-order valence-electron chi connectivity index (χ3n) is 3.12. The van der Waals surface area contributed by atoms with E-state index in [0.29, 0.717) is 12.2 Å². The zero-order valence-corrected chi connectivity index (χ0v) is 14.1. The van der Waals surface area contributed by atoms with Crippen LogP contribution in [0.4, 0.5) is 5.69 Å². The topological polar surface area (TPSA) is 57.6 Å². The van der Waals surface area contributed by atoms with Crippen molar-refractivity contribution in [1.82, 2.24) is 0 Å². The number of nitrogens with zero attached hydrogens (tertiary/aromatic N) is 1. The fraction of sp³-hybridized carbons (Fsp3) is 0.385. The first kappa shape index (κ1) is 14.8. The minimum absolute atomic E-state index is 0.110. The summed E-state index contributed by atoms with van der Waals surface area (Å²) in [6.07, 6.45) is 1.48. The van der Waals surface area contributed by atoms with E-state index >= 15 is 0 Å². The van der Waals surface area contributed by atoms with E-state index in [0.717, 1.165) is 24.0 Å². The number of amides is 1. The quantitative estimate of drug-likeness (QED) is 0.584. The van der Waals surface area contributed by atoms with Crippen LogP contribution in [-0.4, -0.2) is 26.4 Å². The minimum Gasteiger partial charge on any atom is -0.478 e. The van der Waals surface area contributed by atoms with Crippen molar-refractivity contribution in [2.75, 3.05) is 11.4 Å². The Bertz CT molecular complexity index is 545. The van der Waals surface area contributed by atoms with Crippen LogP contribution >= 0.6 is 38.5 Å². The highest BCUT2D eigenvalue weighted by atomic mass is 127. The number of fused-ring (bicyclic) bond motifs is 1. The summed E-state index contributed by atoms with van der Waals surface area (Å²) in [5.41, 5.74) is 2.74. The molecular weight excluding hydrogens is 425 g/mol. The second-order valence-corrected chi connectivity index (χ2v) is 8.79. The first-order valence-corrected chi connectivity index (χ1v) is 8.01. The molecule has 1 aliphatic heterocycles. The Morgan fingerprint density at radius 2 is 2.21 bits per heavy atom. The molecular formula is C13H13BrINO3. The van der Waals surface area contributed by atoms with Gasteiger partial charge in [0.2, 0.25) is 5.91 Å². The Morgan fingerprint density at radius 3 is 2.74 bits per heavy atom. The first-order valence-electron chi connectivity index (χ1n) is 5.85. The lowest BCUT2D eigenvalue weighted by atomic mass is 10.0. The van der Waals surface area contributed by atoms with Crippen molar-refractivity contribution in [1.29, 1.82) is 0 Å². The smallest absolute Gasteiger partial charge is 0.337 e. The number of aromatic carboxylic acids is 1. The van der Waals surface area contributed by atoms with Gasteiger partial charge in [0, 0.05) is 13.5 Å². The van der Waals surface area contributed by atoms with Crippen LogP contribution in [0, 0.1) is 0 Å². The van der Waals surface area contributed by atoms with Gasteiger partial charge in [-0.3, -0.25) is 4.79 Å². The number of hydrogen-bond acceptors (Lipinski definition) is 2. The lowest BCUT2D eigenvalue weighted by molar-refractivity contribution is -0.116. The fourth-order valence-corrected chi connectivity index (χ4v) is 3.27. The van der Waals surface area contributed by atoms with E-state index in [9.17, 15) is 14.7 Å². The number of carbonyl (C=O) groups excluding carboxylic acids is 1. The standard InChI is InChI=1S/C13H13BrINO3/c1-7(17)16-3-2-9-4-8(6-11(14)15)5-10(12(9)16)13(18)19/h4-5,11H,2-3,6H2,1H3,(H,18,19). The van der Waals surface area contributed by atoms with Gasteiger partial charge in [0.25, 0.3) is 0 Å². The SMILES string of the molecule is CC(=O)N1CCc2cc(CC(Br)I)cc(C(=O)O)c21. The van der Waals surface area contributed by atoms with E-state index in [1.807, 2.05) is 6.07 Å². The predicted octanol–water partition coefficient (Wildman–Crippen LogP) is 2.99. The molecule has 1 aromatic carbocycles. The lowest BCUT2D eigenvalue weighted by Gasteiger charge is -2.18. The second kappa shape index (κ2) is 5.78. The average Bonchev–Trinajstić information content (AvgIpc) is 2.70. The Hall–Kier alpha value is -0.630. The van der Waals surface area contributed by atoms with Gasteiger partial charge in [0.15, 0.2) is 0 Å². The maximum atomic E-state index is 11.6. The van der Waals surface area contributed by atoms with E-state index in [-0.39, 0.29) is 14.3 Å². The zero-order chi connectivity index (χ0) is 14.2. The number of carbonyl (C=O) groups is 2. The van der Waals surface area contributed by atoms with E-state index < -0.39 is 5.97 Å². The summed E-state index contributed by atoms with van der Waals surface area (Å²) < 4.78 is 0.259. The molecule has 0 radical (unpaired) electrons. The van der Waals surface area contributed by atoms with Crippen LogP contribution in [0.25, 0.3) is 0 Å². The van der Waals surface area contributed by atoms with Gasteiger partial charge in [-0.25, -0.2) is 4.79 Å². The van der Waals surface area contributed by atoms with Crippen LogP contribution in [-0.2, 0) is 17.6 Å². The molecule has 1 N–H and O–H groups in total. The van der Waals surface area contributed by atoms with Crippen LogP contribution < -0.4 is 4.90 Å². The average molecular weight is 438 g/mol. The molecule has 0 aliphatic carbocycles. The molecule has 102 valence electrons. The summed E-state index contributed by atoms with van der Waals surface area (Å²) in [4.78, 5) is 24.5. The summed E-state index contributed by atoms with van der Waals surface area (Å²) in [5.74, 6) is -1.09. The lowest BCUT2D eigenvalue weighted by Crippen LogP contribution is -2.27. The highest BCUT2D eigenvalue weighted by Gasteiger charge is 2.28. The molecule has 0 saturated carbocycles. The molecule has 2 rings (SSSR count). The van der Waals surface area contributed by atoms with E-state index in [4.69, 9.17) is 0 Å². The molecule has 6 heteroatoms. The second-order valence-electron chi connectivity index (χ2n) is 4.47. The molecule has 1 amide bonds. The van der Waals surface area contributed by atoms with Crippen LogP contribution in [0.3, 0.4) is 0 Å². The summed E-state index contributed by atoms with van der Waals surface area (Å²) in [6.45, 7) is 2.03. The molecule has 0 aromatic heterocycles. The Morgan fingerprint density at radius 1 is 1.53 bits per heavy atom. The number of alkyl halides is 2. The first-order chi connectivity index (χ1) is 8.90. The van der Waals surface area contributed by atoms with Crippen molar-refractivity contribution in [2.45, 2.75) is 22.6 Å². The van der Waals surface area contributed by atoms with Crippen molar-refractivity contribution >= 4 is 56.1 Å². The van der Waals surface area contributed by atoms with E-state index in [1.165, 1.54) is 6.92 Å². The molecule has 19 heavy (non-hydrogen) atoms. The van der Waals surface area contributed by atoms with Crippen LogP contribution in [0.15, 0.2) is 12.1 Å². The number of benzene rings is 1. The molecule has 1 heterocycles. The highest BCUT2D eigenvalue weighted by molar-refractivity contribution is 14.1. The van der Waals surface area contributed by atoms with Gasteiger partial charge < -0.3 is 10.0 Å². The number of hydrogen-bond donors (Lipinski definition) is 1. The summed E-state index contributed by atoms with van der Waals surface area (Å²) in [6, 6.07) is 3.69. The molecule has 1 atom stereocenters. The summed E-state index contributed by atoms with van der Waals surface area (Å²) in [7, 11) is 0. The van der Waals surface area contributed by atoms with Gasteiger partial charge in [-0.1, -0.05) is 44.6 Å².